The van der Waals surface area contributed by atoms with E-state index in [1.807, 2.05) is 55.5 Å². The maximum Gasteiger partial charge on any atom is 0.261 e. The molecule has 7 heteroatoms. The van der Waals surface area contributed by atoms with Crippen LogP contribution < -0.4 is 10.9 Å². The predicted molar refractivity (Wildman–Crippen MR) is 110 cm³/mol. The van der Waals surface area contributed by atoms with E-state index in [2.05, 4.69) is 15.0 Å². The van der Waals surface area contributed by atoms with Gasteiger partial charge < -0.3 is 15.0 Å². The van der Waals surface area contributed by atoms with Crippen LogP contribution in [0.25, 0.3) is 21.5 Å². The van der Waals surface area contributed by atoms with Crippen molar-refractivity contribution in [1.29, 1.82) is 0 Å². The highest BCUT2D eigenvalue weighted by Crippen LogP contribution is 2.33. The minimum Gasteiger partial charge on any atom is -0.494 e. The molecular formula is C21H19N5O2. The number of aromatic hydroxyl groups is 1. The zero-order valence-electron chi connectivity index (χ0n) is 15.6. The summed E-state index contributed by atoms with van der Waals surface area (Å²) in [4.78, 5) is 27.5. The Kier molecular flexibility index (Phi) is 3.60. The Hall–Kier alpha value is -3.45. The number of nitrogens with zero attached hydrogens (tertiary/aromatic N) is 4. The van der Waals surface area contributed by atoms with Gasteiger partial charge in [-0.1, -0.05) is 12.1 Å². The molecule has 0 bridgehead atoms. The van der Waals surface area contributed by atoms with Gasteiger partial charge in [-0.3, -0.25) is 9.36 Å². The van der Waals surface area contributed by atoms with Crippen LogP contribution in [0, 0.1) is 0 Å². The number of amidine groups is 1. The number of aromatic nitrogens is 2. The Balaban J connectivity index is 1.83. The topological polar surface area (TPSA) is 86.0 Å². The molecule has 1 aliphatic heterocycles. The molecule has 28 heavy (non-hydrogen) atoms. The van der Waals surface area contributed by atoms with E-state index in [0.717, 1.165) is 21.8 Å². The number of pyridine rings is 1. The summed E-state index contributed by atoms with van der Waals surface area (Å²) in [6.45, 7) is 1.06. The number of hydrogen-bond donors (Lipinski definition) is 2. The van der Waals surface area contributed by atoms with Crippen molar-refractivity contribution in [2.75, 3.05) is 20.6 Å². The van der Waals surface area contributed by atoms with Crippen LogP contribution >= 0.6 is 0 Å². The molecule has 0 unspecified atom stereocenters. The first-order chi connectivity index (χ1) is 13.5. The number of H-pyrrole nitrogens is 1. The van der Waals surface area contributed by atoms with Crippen molar-refractivity contribution in [3.05, 3.63) is 64.0 Å². The van der Waals surface area contributed by atoms with Gasteiger partial charge in [0.25, 0.3) is 5.56 Å². The van der Waals surface area contributed by atoms with Crippen molar-refractivity contribution in [3.8, 4) is 5.88 Å². The second kappa shape index (κ2) is 6.03. The zero-order chi connectivity index (χ0) is 19.4. The number of benzene rings is 2. The number of nitrogens with one attached hydrogen (secondary N) is 1. The minimum absolute atomic E-state index is 0.0260. The molecule has 2 N–H and O–H groups in total. The summed E-state index contributed by atoms with van der Waals surface area (Å²) in [6.07, 6.45) is 1.83. The largest absolute Gasteiger partial charge is 0.494 e. The van der Waals surface area contributed by atoms with Gasteiger partial charge in [0.2, 0.25) is 5.88 Å². The van der Waals surface area contributed by atoms with Crippen molar-refractivity contribution < 1.29 is 5.11 Å². The van der Waals surface area contributed by atoms with Gasteiger partial charge in [0.05, 0.1) is 16.7 Å². The Bertz CT molecular complexity index is 1360. The lowest BCUT2D eigenvalue weighted by molar-refractivity contribution is 0.353. The van der Waals surface area contributed by atoms with Crippen LogP contribution in [0.15, 0.2) is 57.4 Å². The van der Waals surface area contributed by atoms with Gasteiger partial charge >= 0.3 is 0 Å². The lowest BCUT2D eigenvalue weighted by Crippen LogP contribution is -2.27. The summed E-state index contributed by atoms with van der Waals surface area (Å²) in [5.41, 5.74) is 1.33. The highest BCUT2D eigenvalue weighted by Gasteiger charge is 2.21. The van der Waals surface area contributed by atoms with Crippen LogP contribution in [0.5, 0.6) is 5.88 Å². The zero-order valence-corrected chi connectivity index (χ0v) is 15.6. The highest BCUT2D eigenvalue weighted by molar-refractivity contribution is 6.14. The fraction of sp³-hybridized carbons (Fsp3) is 0.190. The van der Waals surface area contributed by atoms with E-state index in [1.54, 1.807) is 6.07 Å². The summed E-state index contributed by atoms with van der Waals surface area (Å²) in [5, 5.41) is 14.4. The van der Waals surface area contributed by atoms with E-state index >= 15 is 0 Å². The Morgan fingerprint density at radius 3 is 2.68 bits per heavy atom. The molecule has 7 nitrogen and oxygen atoms in total. The van der Waals surface area contributed by atoms with E-state index in [4.69, 9.17) is 0 Å². The summed E-state index contributed by atoms with van der Waals surface area (Å²) in [7, 11) is 3.87. The first-order valence-electron chi connectivity index (χ1n) is 9.11. The molecule has 4 aromatic rings. The van der Waals surface area contributed by atoms with Gasteiger partial charge in [-0.2, -0.15) is 0 Å². The third kappa shape index (κ3) is 2.36. The normalized spacial score (nSPS) is 13.3. The second-order valence-corrected chi connectivity index (χ2v) is 7.23. The van der Waals surface area contributed by atoms with Gasteiger partial charge in [0.1, 0.15) is 0 Å². The van der Waals surface area contributed by atoms with Gasteiger partial charge in [0, 0.05) is 40.8 Å². The first-order valence-corrected chi connectivity index (χ1v) is 9.11. The predicted octanol–water partition coefficient (Wildman–Crippen LogP) is 2.18. The molecule has 2 aromatic heterocycles. The molecule has 0 saturated heterocycles. The average Bonchev–Trinajstić information content (AvgIpc) is 3.34. The van der Waals surface area contributed by atoms with Crippen LogP contribution in [-0.2, 0) is 6.54 Å². The molecule has 3 heterocycles. The van der Waals surface area contributed by atoms with Crippen LogP contribution in [-0.4, -0.2) is 46.0 Å². The third-order valence-electron chi connectivity index (χ3n) is 5.14. The Morgan fingerprint density at radius 2 is 1.93 bits per heavy atom. The summed E-state index contributed by atoms with van der Waals surface area (Å²) >= 11 is 0. The lowest BCUT2D eigenvalue weighted by Gasteiger charge is -2.16. The van der Waals surface area contributed by atoms with E-state index in [9.17, 15) is 9.90 Å². The molecule has 0 spiro atoms. The number of rotatable bonds is 4. The van der Waals surface area contributed by atoms with E-state index in [1.165, 1.54) is 4.57 Å². The first kappa shape index (κ1) is 16.7. The molecule has 5 rings (SSSR count). The molecule has 140 valence electrons. The molecular weight excluding hydrogens is 354 g/mol. The number of hydrogen-bond acceptors (Lipinski definition) is 5. The Labute approximate surface area is 160 Å². The maximum atomic E-state index is 13.0. The SMILES string of the molecule is CN(C)CCn1c(O)c2cc3c(c4cccc(c1=O)c24)=NC(c1ccc[nH]1)=N3. The molecule has 0 aliphatic carbocycles. The van der Waals surface area contributed by atoms with Crippen molar-refractivity contribution in [1.82, 2.24) is 14.5 Å². The third-order valence-corrected chi connectivity index (χ3v) is 5.14. The fourth-order valence-electron chi connectivity index (χ4n) is 3.74. The van der Waals surface area contributed by atoms with Gasteiger partial charge in [-0.15, -0.1) is 0 Å². The molecule has 0 radical (unpaired) electrons. The maximum absolute atomic E-state index is 13.0. The molecule has 0 atom stereocenters. The summed E-state index contributed by atoms with van der Waals surface area (Å²) in [5.74, 6) is 0.570. The second-order valence-electron chi connectivity index (χ2n) is 7.23. The van der Waals surface area contributed by atoms with Crippen LogP contribution in [0.1, 0.15) is 5.69 Å². The van der Waals surface area contributed by atoms with Gasteiger partial charge in [0.15, 0.2) is 5.84 Å². The molecule has 0 amide bonds. The van der Waals surface area contributed by atoms with E-state index in [0.29, 0.717) is 35.4 Å². The highest BCUT2D eigenvalue weighted by atomic mass is 16.3. The smallest absolute Gasteiger partial charge is 0.261 e. The van der Waals surface area contributed by atoms with Gasteiger partial charge in [-0.25, -0.2) is 9.98 Å². The number of fused-ring (bicyclic) bond motifs is 2. The van der Waals surface area contributed by atoms with Crippen LogP contribution in [0.4, 0.5) is 5.69 Å². The summed E-state index contributed by atoms with van der Waals surface area (Å²) in [6, 6.07) is 11.2. The van der Waals surface area contributed by atoms with Crippen LogP contribution in [0.3, 0.4) is 0 Å². The monoisotopic (exact) mass is 373 g/mol. The number of aliphatic imine (C=N–C) groups is 1. The lowest BCUT2D eigenvalue weighted by atomic mass is 10.0. The van der Waals surface area contributed by atoms with Gasteiger partial charge in [-0.05, 0) is 38.4 Å². The molecule has 0 fully saturated rings. The van der Waals surface area contributed by atoms with Crippen molar-refractivity contribution in [3.63, 3.8) is 0 Å². The van der Waals surface area contributed by atoms with Crippen molar-refractivity contribution >= 4 is 33.1 Å². The standard InChI is InChI=1S/C21H19N5O2/c1-25(2)9-10-26-20(27)13-6-3-5-12-17(13)14(21(26)28)11-16-18(12)24-19(23-16)15-7-4-8-22-15/h3-8,11,22,28H,9-10H2,1-2H3. The minimum atomic E-state index is -0.194. The van der Waals surface area contributed by atoms with Crippen molar-refractivity contribution in [2.45, 2.75) is 6.54 Å². The average molecular weight is 373 g/mol. The van der Waals surface area contributed by atoms with E-state index < -0.39 is 0 Å². The van der Waals surface area contributed by atoms with Crippen LogP contribution in [0.2, 0.25) is 0 Å². The molecule has 2 aromatic carbocycles. The molecule has 1 aliphatic rings. The van der Waals surface area contributed by atoms with E-state index in [-0.39, 0.29) is 11.4 Å². The fourth-order valence-corrected chi connectivity index (χ4v) is 3.74. The summed E-state index contributed by atoms with van der Waals surface area (Å²) < 4.78 is 1.44. The van der Waals surface area contributed by atoms with Crippen molar-refractivity contribution in [2.24, 2.45) is 9.98 Å². The molecule has 0 saturated carbocycles. The number of likely N-dealkylation sites (N-methyl/N-ethyl adjacent to an activating group) is 1. The number of aromatic amines is 1. The quantitative estimate of drug-likeness (QED) is 0.575. The Morgan fingerprint density at radius 1 is 1.11 bits per heavy atom.